The van der Waals surface area contributed by atoms with E-state index < -0.39 is 5.60 Å². The molecule has 2 N–H and O–H groups in total. The van der Waals surface area contributed by atoms with Crippen molar-refractivity contribution in [1.29, 1.82) is 0 Å². The number of rotatable bonds is 7. The normalized spacial score (nSPS) is 23.3. The topological polar surface area (TPSA) is 71.0 Å². The van der Waals surface area contributed by atoms with Crippen molar-refractivity contribution in [2.24, 2.45) is 0 Å². The third-order valence-corrected chi connectivity index (χ3v) is 4.99. The number of hydrogen-bond donors (Lipinski definition) is 2. The van der Waals surface area contributed by atoms with Gasteiger partial charge in [0.05, 0.1) is 13.2 Å². The fourth-order valence-electron chi connectivity index (χ4n) is 3.58. The van der Waals surface area contributed by atoms with Gasteiger partial charge >= 0.3 is 0 Å². The van der Waals surface area contributed by atoms with Gasteiger partial charge in [0.25, 0.3) is 5.91 Å². The van der Waals surface area contributed by atoms with Crippen LogP contribution in [0.5, 0.6) is 5.75 Å². The van der Waals surface area contributed by atoms with Crippen LogP contribution in [0.25, 0.3) is 0 Å². The highest BCUT2D eigenvalue weighted by Gasteiger charge is 2.41. The fraction of sp³-hybridized carbons (Fsp3) is 0.632. The number of nitrogens with zero attached hydrogens (tertiary/aromatic N) is 1. The van der Waals surface area contributed by atoms with Crippen LogP contribution in [0.1, 0.15) is 30.4 Å². The summed E-state index contributed by atoms with van der Waals surface area (Å²) in [5, 5.41) is 14.0. The maximum atomic E-state index is 12.6. The minimum absolute atomic E-state index is 0.192. The van der Waals surface area contributed by atoms with Gasteiger partial charge in [-0.1, -0.05) is 12.1 Å². The van der Waals surface area contributed by atoms with Gasteiger partial charge in [0.15, 0.2) is 5.60 Å². The zero-order chi connectivity index (χ0) is 17.7. The molecule has 25 heavy (non-hydrogen) atoms. The maximum Gasteiger partial charge on any atom is 0.255 e. The molecule has 1 aromatic carbocycles. The molecule has 0 spiro atoms. The molecule has 0 aliphatic carbocycles. The Morgan fingerprint density at radius 1 is 1.40 bits per heavy atom. The third kappa shape index (κ3) is 4.32. The van der Waals surface area contributed by atoms with E-state index in [4.69, 9.17) is 9.47 Å². The number of ether oxygens (including phenoxy) is 2. The first kappa shape index (κ1) is 18.2. The molecule has 2 heterocycles. The van der Waals surface area contributed by atoms with E-state index in [-0.39, 0.29) is 12.5 Å². The monoisotopic (exact) mass is 348 g/mol. The summed E-state index contributed by atoms with van der Waals surface area (Å²) < 4.78 is 10.7. The van der Waals surface area contributed by atoms with Gasteiger partial charge in [-0.3, -0.25) is 4.79 Å². The van der Waals surface area contributed by atoms with Crippen molar-refractivity contribution >= 4 is 5.91 Å². The highest BCUT2D eigenvalue weighted by Crippen LogP contribution is 2.26. The van der Waals surface area contributed by atoms with Crippen LogP contribution < -0.4 is 10.1 Å². The summed E-state index contributed by atoms with van der Waals surface area (Å²) >= 11 is 0. The van der Waals surface area contributed by atoms with E-state index in [1.54, 1.807) is 12.0 Å². The van der Waals surface area contributed by atoms with Gasteiger partial charge in [-0.25, -0.2) is 0 Å². The van der Waals surface area contributed by atoms with E-state index in [2.05, 4.69) is 11.4 Å². The first-order valence-electron chi connectivity index (χ1n) is 9.08. The Morgan fingerprint density at radius 2 is 2.28 bits per heavy atom. The molecule has 6 nitrogen and oxygen atoms in total. The van der Waals surface area contributed by atoms with Gasteiger partial charge in [-0.15, -0.1) is 0 Å². The van der Waals surface area contributed by atoms with Crippen molar-refractivity contribution in [3.05, 3.63) is 29.3 Å². The second-order valence-corrected chi connectivity index (χ2v) is 6.92. The largest absolute Gasteiger partial charge is 0.493 e. The van der Waals surface area contributed by atoms with Crippen LogP contribution in [0.3, 0.4) is 0 Å². The second kappa shape index (κ2) is 8.17. The molecule has 1 saturated heterocycles. The number of nitrogens with one attached hydrogen (secondary N) is 1. The number of hydrogen-bond acceptors (Lipinski definition) is 5. The number of likely N-dealkylation sites (tertiary alicyclic amines) is 1. The molecular formula is C19H28N2O4. The van der Waals surface area contributed by atoms with E-state index in [0.717, 1.165) is 37.2 Å². The lowest BCUT2D eigenvalue weighted by molar-refractivity contribution is -0.157. The van der Waals surface area contributed by atoms with Crippen molar-refractivity contribution in [2.75, 3.05) is 40.0 Å². The van der Waals surface area contributed by atoms with Crippen LogP contribution in [0.4, 0.5) is 0 Å². The number of aliphatic hydroxyl groups is 1. The number of aryl methyl sites for hydroxylation is 1. The number of fused-ring (bicyclic) bond motifs is 1. The Labute approximate surface area is 149 Å². The minimum atomic E-state index is -1.32. The molecular weight excluding hydrogens is 320 g/mol. The maximum absolute atomic E-state index is 12.6. The molecule has 3 rings (SSSR count). The van der Waals surface area contributed by atoms with Crippen molar-refractivity contribution in [2.45, 2.75) is 37.8 Å². The lowest BCUT2D eigenvalue weighted by Crippen LogP contribution is -2.58. The number of amides is 1. The van der Waals surface area contributed by atoms with Crippen LogP contribution in [0, 0.1) is 0 Å². The Kier molecular flexibility index (Phi) is 5.93. The molecule has 1 aromatic rings. The second-order valence-electron chi connectivity index (χ2n) is 6.92. The number of carbonyl (C=O) groups excluding carboxylic acids is 1. The van der Waals surface area contributed by atoms with Gasteiger partial charge in [-0.05, 0) is 42.9 Å². The minimum Gasteiger partial charge on any atom is -0.493 e. The summed E-state index contributed by atoms with van der Waals surface area (Å²) in [6.07, 6.45) is 3.40. The zero-order valence-corrected chi connectivity index (χ0v) is 14.9. The average Bonchev–Trinajstić information content (AvgIpc) is 2.63. The summed E-state index contributed by atoms with van der Waals surface area (Å²) in [6.45, 7) is 3.40. The van der Waals surface area contributed by atoms with Gasteiger partial charge in [0.1, 0.15) is 5.75 Å². The Morgan fingerprint density at radius 3 is 3.12 bits per heavy atom. The Bertz CT molecular complexity index is 607. The predicted octanol–water partition coefficient (Wildman–Crippen LogP) is 1.10. The molecule has 138 valence electrons. The Balaban J connectivity index is 1.54. The standard InChI is InChI=1S/C19H28N2O4/c1-24-11-9-21-8-3-7-19(23,18(21)22)14-20-13-15-5-6-17-16(12-15)4-2-10-25-17/h5-6,12,20,23H,2-4,7-11,13-14H2,1H3. The van der Waals surface area contributed by atoms with E-state index in [1.165, 1.54) is 5.56 Å². The van der Waals surface area contributed by atoms with E-state index in [0.29, 0.717) is 32.7 Å². The lowest BCUT2D eigenvalue weighted by Gasteiger charge is -2.38. The molecule has 1 atom stereocenters. The lowest BCUT2D eigenvalue weighted by atomic mass is 9.91. The van der Waals surface area contributed by atoms with Gasteiger partial charge in [0, 0.05) is 33.3 Å². The van der Waals surface area contributed by atoms with Crippen LogP contribution >= 0.6 is 0 Å². The van der Waals surface area contributed by atoms with Crippen LogP contribution in [-0.2, 0) is 22.5 Å². The molecule has 0 aromatic heterocycles. The van der Waals surface area contributed by atoms with E-state index in [9.17, 15) is 9.90 Å². The molecule has 1 fully saturated rings. The summed E-state index contributed by atoms with van der Waals surface area (Å²) in [5.74, 6) is 0.784. The van der Waals surface area contributed by atoms with Crippen LogP contribution in [0.15, 0.2) is 18.2 Å². The Hall–Kier alpha value is -1.63. The SMILES string of the molecule is COCCN1CCCC(O)(CNCc2ccc3c(c2)CCCO3)C1=O. The van der Waals surface area contributed by atoms with Gasteiger partial charge in [-0.2, -0.15) is 0 Å². The highest BCUT2D eigenvalue weighted by molar-refractivity contribution is 5.86. The van der Waals surface area contributed by atoms with Crippen molar-refractivity contribution < 1.29 is 19.4 Å². The number of methoxy groups -OCH3 is 1. The molecule has 2 aliphatic heterocycles. The predicted molar refractivity (Wildman–Crippen MR) is 94.6 cm³/mol. The first-order chi connectivity index (χ1) is 12.1. The molecule has 2 aliphatic rings. The van der Waals surface area contributed by atoms with Crippen molar-refractivity contribution in [1.82, 2.24) is 10.2 Å². The fourth-order valence-corrected chi connectivity index (χ4v) is 3.58. The van der Waals surface area contributed by atoms with Crippen LogP contribution in [-0.4, -0.2) is 61.5 Å². The summed E-state index contributed by atoms with van der Waals surface area (Å²) in [5.41, 5.74) is 1.07. The number of piperidine rings is 1. The van der Waals surface area contributed by atoms with E-state index in [1.807, 2.05) is 12.1 Å². The molecule has 0 saturated carbocycles. The van der Waals surface area contributed by atoms with Crippen molar-refractivity contribution in [3.8, 4) is 5.75 Å². The molecule has 0 bridgehead atoms. The van der Waals surface area contributed by atoms with Gasteiger partial charge in [0.2, 0.25) is 0 Å². The summed E-state index contributed by atoms with van der Waals surface area (Å²) in [6, 6.07) is 6.20. The molecule has 0 radical (unpaired) electrons. The first-order valence-corrected chi connectivity index (χ1v) is 9.08. The third-order valence-electron chi connectivity index (χ3n) is 4.99. The number of benzene rings is 1. The zero-order valence-electron chi connectivity index (χ0n) is 14.9. The van der Waals surface area contributed by atoms with Crippen molar-refractivity contribution in [3.63, 3.8) is 0 Å². The van der Waals surface area contributed by atoms with Gasteiger partial charge < -0.3 is 24.8 Å². The number of carbonyl (C=O) groups is 1. The summed E-state index contributed by atoms with van der Waals surface area (Å²) in [4.78, 5) is 14.3. The van der Waals surface area contributed by atoms with Crippen LogP contribution in [0.2, 0.25) is 0 Å². The quantitative estimate of drug-likeness (QED) is 0.772. The average molecular weight is 348 g/mol. The van der Waals surface area contributed by atoms with E-state index >= 15 is 0 Å². The summed E-state index contributed by atoms with van der Waals surface area (Å²) in [7, 11) is 1.62. The molecule has 1 amide bonds. The molecule has 1 unspecified atom stereocenters. The smallest absolute Gasteiger partial charge is 0.255 e. The molecule has 6 heteroatoms. The highest BCUT2D eigenvalue weighted by atomic mass is 16.5.